The highest BCUT2D eigenvalue weighted by atomic mass is 32.2. The lowest BCUT2D eigenvalue weighted by Gasteiger charge is -2.08. The van der Waals surface area contributed by atoms with E-state index in [9.17, 15) is 13.8 Å². The summed E-state index contributed by atoms with van der Waals surface area (Å²) in [6, 6.07) is 9.08. The second-order valence-electron chi connectivity index (χ2n) is 6.61. The third kappa shape index (κ3) is 7.31. The second kappa shape index (κ2) is 11.4. The molecule has 1 aromatic carbocycles. The van der Waals surface area contributed by atoms with E-state index < -0.39 is 10.8 Å². The smallest absolute Gasteiger partial charge is 0.237 e. The van der Waals surface area contributed by atoms with Crippen molar-refractivity contribution in [3.8, 4) is 5.75 Å². The Labute approximate surface area is 168 Å². The minimum Gasteiger partial charge on any atom is -0.488 e. The summed E-state index contributed by atoms with van der Waals surface area (Å²) in [5, 5.41) is 2.76. The van der Waals surface area contributed by atoms with E-state index in [0.717, 1.165) is 25.7 Å². The van der Waals surface area contributed by atoms with Gasteiger partial charge in [0, 0.05) is 34.4 Å². The minimum atomic E-state index is -1.43. The van der Waals surface area contributed by atoms with Gasteiger partial charge in [-0.05, 0) is 37.0 Å². The second-order valence-corrected chi connectivity index (χ2v) is 8.07. The number of hydrogen-bond donors (Lipinski definition) is 2. The van der Waals surface area contributed by atoms with Crippen molar-refractivity contribution in [3.05, 3.63) is 58.0 Å². The van der Waals surface area contributed by atoms with E-state index in [4.69, 9.17) is 4.74 Å². The van der Waals surface area contributed by atoms with Crippen molar-refractivity contribution in [2.75, 3.05) is 17.7 Å². The molecular formula is C21H28N2O4S. The minimum absolute atomic E-state index is 0.104. The van der Waals surface area contributed by atoms with Crippen LogP contribution >= 0.6 is 0 Å². The molecule has 6 nitrogen and oxygen atoms in total. The Hall–Kier alpha value is -2.41. The first-order valence-electron chi connectivity index (χ1n) is 9.60. The average molecular weight is 405 g/mol. The van der Waals surface area contributed by atoms with Crippen LogP contribution in [-0.4, -0.2) is 27.5 Å². The molecule has 0 fully saturated rings. The van der Waals surface area contributed by atoms with Crippen molar-refractivity contribution < 1.29 is 13.7 Å². The van der Waals surface area contributed by atoms with Crippen LogP contribution in [0.3, 0.4) is 0 Å². The van der Waals surface area contributed by atoms with Crippen LogP contribution in [0.5, 0.6) is 5.75 Å². The number of H-pyrrole nitrogens is 1. The fraction of sp³-hybridized carbons (Fsp3) is 0.429. The molecule has 1 atom stereocenters. The zero-order valence-electron chi connectivity index (χ0n) is 16.5. The molecule has 2 aromatic rings. The molecule has 152 valence electrons. The molecule has 1 aromatic heterocycles. The van der Waals surface area contributed by atoms with E-state index >= 15 is 0 Å². The highest BCUT2D eigenvalue weighted by molar-refractivity contribution is 7.84. The van der Waals surface area contributed by atoms with Gasteiger partial charge in [0.15, 0.2) is 5.75 Å². The number of rotatable bonds is 11. The maximum absolute atomic E-state index is 12.3. The lowest BCUT2D eigenvalue weighted by Crippen LogP contribution is -2.21. The Morgan fingerprint density at radius 3 is 2.57 bits per heavy atom. The standard InChI is InChI=1S/C21H28N2O4S/c1-3-5-6-16-7-9-17(10-8-16)23-21(25)15-28(26)14-18-12-19(24)20(13-22-18)27-11-4-2/h7-10,12-13H,3-6,11,14-15H2,1-2H3,(H,22,24)(H,23,25). The summed E-state index contributed by atoms with van der Waals surface area (Å²) in [6.07, 6.45) is 5.59. The molecule has 0 aliphatic rings. The first-order valence-corrected chi connectivity index (χ1v) is 11.1. The van der Waals surface area contributed by atoms with Crippen LogP contribution in [0.15, 0.2) is 41.3 Å². The number of anilines is 1. The van der Waals surface area contributed by atoms with Crippen molar-refractivity contribution in [3.63, 3.8) is 0 Å². The number of aromatic nitrogens is 1. The van der Waals surface area contributed by atoms with Gasteiger partial charge in [0.2, 0.25) is 11.3 Å². The number of nitrogens with one attached hydrogen (secondary N) is 2. The number of aromatic amines is 1. The van der Waals surface area contributed by atoms with E-state index in [-0.39, 0.29) is 28.6 Å². The lowest BCUT2D eigenvalue weighted by atomic mass is 10.1. The van der Waals surface area contributed by atoms with Crippen LogP contribution in [0.2, 0.25) is 0 Å². The number of unbranched alkanes of at least 4 members (excludes halogenated alkanes) is 1. The Bertz CT molecular complexity index is 846. The quantitative estimate of drug-likeness (QED) is 0.601. The first-order chi connectivity index (χ1) is 13.5. The molecule has 0 aliphatic carbocycles. The highest BCUT2D eigenvalue weighted by Gasteiger charge is 2.11. The maximum Gasteiger partial charge on any atom is 0.237 e. The predicted molar refractivity (Wildman–Crippen MR) is 113 cm³/mol. The van der Waals surface area contributed by atoms with Gasteiger partial charge in [0.1, 0.15) is 5.75 Å². The van der Waals surface area contributed by atoms with Crippen LogP contribution in [0.1, 0.15) is 44.4 Å². The molecule has 0 spiro atoms. The summed E-state index contributed by atoms with van der Waals surface area (Å²) >= 11 is 0. The van der Waals surface area contributed by atoms with Gasteiger partial charge >= 0.3 is 0 Å². The Morgan fingerprint density at radius 2 is 1.93 bits per heavy atom. The van der Waals surface area contributed by atoms with E-state index in [0.29, 0.717) is 18.0 Å². The zero-order valence-corrected chi connectivity index (χ0v) is 17.3. The number of benzene rings is 1. The number of hydrogen-bond acceptors (Lipinski definition) is 4. The molecule has 0 radical (unpaired) electrons. The van der Waals surface area contributed by atoms with Gasteiger partial charge in [-0.1, -0.05) is 32.4 Å². The third-order valence-corrected chi connectivity index (χ3v) is 5.28. The molecule has 1 unspecified atom stereocenters. The van der Waals surface area contributed by atoms with Crippen LogP contribution < -0.4 is 15.5 Å². The molecule has 0 saturated carbocycles. The SMILES string of the molecule is CCCCc1ccc(NC(=O)CS(=O)Cc2cc(=O)c(OCCC)c[nH]2)cc1. The van der Waals surface area contributed by atoms with Crippen molar-refractivity contribution in [1.82, 2.24) is 4.98 Å². The van der Waals surface area contributed by atoms with Gasteiger partial charge in [0.05, 0.1) is 12.4 Å². The van der Waals surface area contributed by atoms with E-state index in [1.165, 1.54) is 17.8 Å². The lowest BCUT2D eigenvalue weighted by molar-refractivity contribution is -0.113. The molecule has 2 rings (SSSR count). The van der Waals surface area contributed by atoms with E-state index in [1.54, 1.807) is 0 Å². The summed E-state index contributed by atoms with van der Waals surface area (Å²) in [5.74, 6) is -0.0956. The van der Waals surface area contributed by atoms with Gasteiger partial charge < -0.3 is 15.0 Å². The number of ether oxygens (including phenoxy) is 1. The van der Waals surface area contributed by atoms with Gasteiger partial charge in [-0.3, -0.25) is 13.8 Å². The number of aryl methyl sites for hydroxylation is 1. The monoisotopic (exact) mass is 404 g/mol. The first kappa shape index (κ1) is 21.9. The molecule has 1 heterocycles. The largest absolute Gasteiger partial charge is 0.488 e. The van der Waals surface area contributed by atoms with Gasteiger partial charge in [0.25, 0.3) is 0 Å². The average Bonchev–Trinajstić information content (AvgIpc) is 2.66. The van der Waals surface area contributed by atoms with Gasteiger partial charge in [-0.25, -0.2) is 0 Å². The summed E-state index contributed by atoms with van der Waals surface area (Å²) < 4.78 is 17.6. The van der Waals surface area contributed by atoms with Crippen molar-refractivity contribution >= 4 is 22.4 Å². The van der Waals surface area contributed by atoms with E-state index in [1.807, 2.05) is 31.2 Å². The van der Waals surface area contributed by atoms with Crippen LogP contribution in [0, 0.1) is 0 Å². The molecule has 0 saturated heterocycles. The summed E-state index contributed by atoms with van der Waals surface area (Å²) in [5.41, 5.74) is 2.18. The number of carbonyl (C=O) groups excluding carboxylic acids is 1. The topological polar surface area (TPSA) is 88.3 Å². The Morgan fingerprint density at radius 1 is 1.18 bits per heavy atom. The maximum atomic E-state index is 12.3. The Kier molecular flexibility index (Phi) is 8.94. The highest BCUT2D eigenvalue weighted by Crippen LogP contribution is 2.12. The van der Waals surface area contributed by atoms with Crippen LogP contribution in [-0.2, 0) is 27.8 Å². The van der Waals surface area contributed by atoms with E-state index in [2.05, 4.69) is 17.2 Å². The van der Waals surface area contributed by atoms with Gasteiger partial charge in [-0.15, -0.1) is 0 Å². The van der Waals surface area contributed by atoms with Crippen molar-refractivity contribution in [1.29, 1.82) is 0 Å². The third-order valence-electron chi connectivity index (χ3n) is 4.06. The fourth-order valence-corrected chi connectivity index (χ4v) is 3.59. The molecule has 2 N–H and O–H groups in total. The molecule has 28 heavy (non-hydrogen) atoms. The van der Waals surface area contributed by atoms with Crippen LogP contribution in [0.4, 0.5) is 5.69 Å². The Balaban J connectivity index is 1.84. The summed E-state index contributed by atoms with van der Waals surface area (Å²) in [7, 11) is -1.43. The van der Waals surface area contributed by atoms with Crippen LogP contribution in [0.25, 0.3) is 0 Å². The predicted octanol–water partition coefficient (Wildman–Crippen LogP) is 3.39. The zero-order chi connectivity index (χ0) is 20.4. The number of pyridine rings is 1. The summed E-state index contributed by atoms with van der Waals surface area (Å²) in [4.78, 5) is 27.0. The normalized spacial score (nSPS) is 11.8. The molecule has 0 bridgehead atoms. The molecule has 1 amide bonds. The number of amides is 1. The number of carbonyl (C=O) groups is 1. The van der Waals surface area contributed by atoms with Crippen molar-refractivity contribution in [2.24, 2.45) is 0 Å². The molecule has 7 heteroatoms. The molecule has 0 aliphatic heterocycles. The fourth-order valence-electron chi connectivity index (χ4n) is 2.61. The van der Waals surface area contributed by atoms with Crippen molar-refractivity contribution in [2.45, 2.75) is 45.3 Å². The van der Waals surface area contributed by atoms with Gasteiger partial charge in [-0.2, -0.15) is 0 Å². The summed E-state index contributed by atoms with van der Waals surface area (Å²) in [6.45, 7) is 4.57. The molecular weight excluding hydrogens is 376 g/mol.